The summed E-state index contributed by atoms with van der Waals surface area (Å²) >= 11 is 0. The van der Waals surface area contributed by atoms with Gasteiger partial charge in [0, 0.05) is 30.8 Å². The molecule has 0 saturated carbocycles. The van der Waals surface area contributed by atoms with Crippen molar-refractivity contribution in [2.45, 2.75) is 6.92 Å². The van der Waals surface area contributed by atoms with Crippen LogP contribution in [0.15, 0.2) is 35.7 Å². The minimum atomic E-state index is 0.300. The average Bonchev–Trinajstić information content (AvgIpc) is 2.35. The summed E-state index contributed by atoms with van der Waals surface area (Å²) in [5.41, 5.74) is 11.2. The van der Waals surface area contributed by atoms with Gasteiger partial charge in [-0.25, -0.2) is 0 Å². The van der Waals surface area contributed by atoms with E-state index in [4.69, 9.17) is 10.5 Å². The van der Waals surface area contributed by atoms with Crippen molar-refractivity contribution in [3.8, 4) is 0 Å². The van der Waals surface area contributed by atoms with Crippen molar-refractivity contribution in [2.24, 2.45) is 5.92 Å². The first kappa shape index (κ1) is 13.1. The molecule has 2 aliphatic heterocycles. The molecule has 106 valence electrons. The van der Waals surface area contributed by atoms with E-state index in [0.29, 0.717) is 31.6 Å². The molecule has 1 saturated heterocycles. The van der Waals surface area contributed by atoms with Gasteiger partial charge in [-0.2, -0.15) is 0 Å². The molecule has 1 aromatic rings. The van der Waals surface area contributed by atoms with Crippen LogP contribution in [0, 0.1) is 12.8 Å². The summed E-state index contributed by atoms with van der Waals surface area (Å²) in [4.78, 5) is 1.88. The number of nitrogens with zero attached hydrogens (tertiary/aromatic N) is 1. The van der Waals surface area contributed by atoms with Crippen LogP contribution in [0.5, 0.6) is 0 Å². The zero-order valence-corrected chi connectivity index (χ0v) is 11.9. The maximum absolute atomic E-state index is 10.2. The highest BCUT2D eigenvalue weighted by molar-refractivity contribution is 5.75. The zero-order valence-electron chi connectivity index (χ0n) is 11.9. The number of ether oxygens (including phenoxy) is 1. The van der Waals surface area contributed by atoms with Crippen molar-refractivity contribution in [3.63, 3.8) is 0 Å². The summed E-state index contributed by atoms with van der Waals surface area (Å²) in [5.74, 6) is 0.665. The summed E-state index contributed by atoms with van der Waals surface area (Å²) < 4.78 is 5.24. The molecule has 0 aromatic heterocycles. The minimum Gasteiger partial charge on any atom is -0.494 e. The number of allylic oxidation sites excluding steroid dienone is 1. The number of hydrogen-bond donors (Lipinski definition) is 2. The largest absolute Gasteiger partial charge is 0.494 e. The van der Waals surface area contributed by atoms with Crippen LogP contribution in [-0.2, 0) is 4.74 Å². The molecule has 3 rings (SSSR count). The summed E-state index contributed by atoms with van der Waals surface area (Å²) in [6.45, 7) is 4.15. The number of aryl methyl sites for hydroxylation is 1. The van der Waals surface area contributed by atoms with Gasteiger partial charge in [-0.1, -0.05) is 6.07 Å². The Kier molecular flexibility index (Phi) is 3.18. The van der Waals surface area contributed by atoms with Gasteiger partial charge in [0.2, 0.25) is 0 Å². The molecule has 20 heavy (non-hydrogen) atoms. The third kappa shape index (κ3) is 2.16. The summed E-state index contributed by atoms with van der Waals surface area (Å²) in [7, 11) is 1.91. The van der Waals surface area contributed by atoms with Crippen LogP contribution >= 0.6 is 0 Å². The maximum Gasteiger partial charge on any atom is 0.190 e. The molecular formula is C16H20N2O2. The molecule has 2 aliphatic rings. The molecular weight excluding hydrogens is 252 g/mol. The van der Waals surface area contributed by atoms with E-state index in [1.807, 2.05) is 30.1 Å². The highest BCUT2D eigenvalue weighted by atomic mass is 16.5. The number of anilines is 1. The first-order valence-corrected chi connectivity index (χ1v) is 6.85. The quantitative estimate of drug-likeness (QED) is 0.811. The van der Waals surface area contributed by atoms with E-state index in [1.165, 1.54) is 11.1 Å². The molecule has 0 unspecified atom stereocenters. The highest BCUT2D eigenvalue weighted by Gasteiger charge is 2.29. The Morgan fingerprint density at radius 3 is 2.75 bits per heavy atom. The normalized spacial score (nSPS) is 19.9. The number of benzene rings is 1. The third-order valence-corrected chi connectivity index (χ3v) is 4.04. The molecule has 2 heterocycles. The van der Waals surface area contributed by atoms with E-state index in [1.54, 1.807) is 0 Å². The Bertz CT molecular complexity index is 600. The van der Waals surface area contributed by atoms with E-state index >= 15 is 0 Å². The zero-order chi connectivity index (χ0) is 14.3. The lowest BCUT2D eigenvalue weighted by Gasteiger charge is -2.34. The second kappa shape index (κ2) is 4.87. The third-order valence-electron chi connectivity index (χ3n) is 4.04. The number of aliphatic hydroxyl groups is 1. The van der Waals surface area contributed by atoms with Crippen LogP contribution in [0.25, 0.3) is 5.57 Å². The average molecular weight is 272 g/mol. The van der Waals surface area contributed by atoms with Gasteiger partial charge in [-0.05, 0) is 41.8 Å². The second-order valence-corrected chi connectivity index (χ2v) is 5.61. The molecule has 0 bridgehead atoms. The fraction of sp³-hybridized carbons (Fsp3) is 0.375. The predicted octanol–water partition coefficient (Wildman–Crippen LogP) is 2.32. The van der Waals surface area contributed by atoms with Gasteiger partial charge in [0.25, 0.3) is 0 Å². The molecule has 1 aromatic carbocycles. The monoisotopic (exact) mass is 272 g/mol. The number of nitrogen functional groups attached to an aromatic ring is 1. The Hall–Kier alpha value is -1.94. The molecule has 1 fully saturated rings. The van der Waals surface area contributed by atoms with Gasteiger partial charge in [-0.3, -0.25) is 0 Å². The second-order valence-electron chi connectivity index (χ2n) is 5.61. The topological polar surface area (TPSA) is 58.7 Å². The van der Waals surface area contributed by atoms with Crippen molar-refractivity contribution in [3.05, 3.63) is 46.9 Å². The lowest BCUT2D eigenvalue weighted by Crippen LogP contribution is -2.34. The molecule has 0 radical (unpaired) electrons. The standard InChI is InChI=1S/C16H20N2O2/c1-10-3-4-13(17)6-14(10)11-5-15(12-8-20-9-12)16(19)18(2)7-11/h3-6,12,19H,7-9,17H2,1-2H3. The molecule has 4 nitrogen and oxygen atoms in total. The van der Waals surface area contributed by atoms with Gasteiger partial charge in [0.05, 0.1) is 13.2 Å². The summed E-state index contributed by atoms with van der Waals surface area (Å²) in [6, 6.07) is 5.96. The molecule has 4 heteroatoms. The Morgan fingerprint density at radius 2 is 2.10 bits per heavy atom. The van der Waals surface area contributed by atoms with Gasteiger partial charge in [-0.15, -0.1) is 0 Å². The molecule has 3 N–H and O–H groups in total. The van der Waals surface area contributed by atoms with Crippen molar-refractivity contribution in [1.82, 2.24) is 4.90 Å². The lowest BCUT2D eigenvalue weighted by molar-refractivity contribution is -0.0151. The van der Waals surface area contributed by atoms with Crippen molar-refractivity contribution < 1.29 is 9.84 Å². The fourth-order valence-electron chi connectivity index (χ4n) is 2.71. The Labute approximate surface area is 119 Å². The number of nitrogens with two attached hydrogens (primary N) is 1. The number of hydrogen-bond acceptors (Lipinski definition) is 4. The van der Waals surface area contributed by atoms with Crippen molar-refractivity contribution in [1.29, 1.82) is 0 Å². The van der Waals surface area contributed by atoms with Crippen LogP contribution in [0.2, 0.25) is 0 Å². The minimum absolute atomic E-state index is 0.300. The smallest absolute Gasteiger partial charge is 0.190 e. The molecule has 0 amide bonds. The molecule has 0 spiro atoms. The van der Waals surface area contributed by atoms with E-state index in [9.17, 15) is 5.11 Å². The van der Waals surface area contributed by atoms with Crippen LogP contribution in [-0.4, -0.2) is 36.8 Å². The van der Waals surface area contributed by atoms with Gasteiger partial charge < -0.3 is 20.5 Å². The number of rotatable bonds is 2. The maximum atomic E-state index is 10.2. The van der Waals surface area contributed by atoms with E-state index in [2.05, 4.69) is 13.0 Å². The van der Waals surface area contributed by atoms with Crippen LogP contribution < -0.4 is 5.73 Å². The highest BCUT2D eigenvalue weighted by Crippen LogP contribution is 2.33. The molecule has 0 aliphatic carbocycles. The van der Waals surface area contributed by atoms with Gasteiger partial charge in [0.15, 0.2) is 5.88 Å². The first-order valence-electron chi connectivity index (χ1n) is 6.85. The van der Waals surface area contributed by atoms with Gasteiger partial charge >= 0.3 is 0 Å². The van der Waals surface area contributed by atoms with E-state index in [-0.39, 0.29) is 0 Å². The van der Waals surface area contributed by atoms with E-state index in [0.717, 1.165) is 16.8 Å². The van der Waals surface area contributed by atoms with Crippen LogP contribution in [0.3, 0.4) is 0 Å². The SMILES string of the molecule is Cc1ccc(N)cc1C1=CC(C2COC2)=C(O)N(C)C1. The Morgan fingerprint density at radius 1 is 1.35 bits per heavy atom. The van der Waals surface area contributed by atoms with Crippen LogP contribution in [0.1, 0.15) is 11.1 Å². The van der Waals surface area contributed by atoms with Crippen molar-refractivity contribution >= 4 is 11.3 Å². The van der Waals surface area contributed by atoms with Gasteiger partial charge in [0.1, 0.15) is 0 Å². The van der Waals surface area contributed by atoms with Crippen molar-refractivity contribution in [2.75, 3.05) is 32.5 Å². The summed E-state index contributed by atoms with van der Waals surface area (Å²) in [5, 5.41) is 10.2. The first-order chi connectivity index (χ1) is 9.56. The number of aliphatic hydroxyl groups excluding tert-OH is 1. The summed E-state index contributed by atoms with van der Waals surface area (Å²) in [6.07, 6.45) is 2.10. The Balaban J connectivity index is 2.03. The van der Waals surface area contributed by atoms with E-state index < -0.39 is 0 Å². The molecule has 0 atom stereocenters. The van der Waals surface area contributed by atoms with Crippen LogP contribution in [0.4, 0.5) is 5.69 Å². The number of likely N-dealkylation sites (N-methyl/N-ethyl adjacent to an activating group) is 1. The predicted molar refractivity (Wildman–Crippen MR) is 80.2 cm³/mol. The fourth-order valence-corrected chi connectivity index (χ4v) is 2.71. The lowest BCUT2D eigenvalue weighted by atomic mass is 9.89.